The zero-order valence-corrected chi connectivity index (χ0v) is 12.9. The Morgan fingerprint density at radius 1 is 1.26 bits per heavy atom. The van der Waals surface area contributed by atoms with Crippen LogP contribution in [0.15, 0.2) is 0 Å². The van der Waals surface area contributed by atoms with Gasteiger partial charge in [-0.3, -0.25) is 4.79 Å². The van der Waals surface area contributed by atoms with Crippen molar-refractivity contribution in [2.45, 2.75) is 71.9 Å². The standard InChI is InChI=1S/C16H29NO2/c1-11(2)14-9-12(3)5-7-15(14)19-10-17-13(4)6-8-16(17)18/h11-15H,5-10H2,1-4H3/t12-,13-,14+,15-/m1/s1. The second-order valence-corrected chi connectivity index (χ2v) is 6.91. The molecule has 3 nitrogen and oxygen atoms in total. The van der Waals surface area contributed by atoms with Crippen molar-refractivity contribution >= 4 is 5.91 Å². The summed E-state index contributed by atoms with van der Waals surface area (Å²) in [5.74, 6) is 2.40. The van der Waals surface area contributed by atoms with Crippen LogP contribution in [0.25, 0.3) is 0 Å². The number of hydrogen-bond acceptors (Lipinski definition) is 2. The maximum atomic E-state index is 11.8. The van der Waals surface area contributed by atoms with Gasteiger partial charge in [0.1, 0.15) is 6.73 Å². The number of carbonyl (C=O) groups is 1. The number of likely N-dealkylation sites (tertiary alicyclic amines) is 1. The quantitative estimate of drug-likeness (QED) is 0.781. The van der Waals surface area contributed by atoms with E-state index in [4.69, 9.17) is 4.74 Å². The van der Waals surface area contributed by atoms with E-state index in [0.29, 0.717) is 37.1 Å². The lowest BCUT2D eigenvalue weighted by molar-refractivity contribution is -0.140. The van der Waals surface area contributed by atoms with Gasteiger partial charge < -0.3 is 9.64 Å². The first-order chi connectivity index (χ1) is 8.99. The molecule has 1 saturated heterocycles. The second-order valence-electron chi connectivity index (χ2n) is 6.91. The maximum Gasteiger partial charge on any atom is 0.224 e. The molecule has 1 saturated carbocycles. The van der Waals surface area contributed by atoms with Crippen LogP contribution in [-0.2, 0) is 9.53 Å². The average molecular weight is 267 g/mol. The van der Waals surface area contributed by atoms with Gasteiger partial charge in [-0.15, -0.1) is 0 Å². The van der Waals surface area contributed by atoms with E-state index in [1.807, 2.05) is 4.90 Å². The Bertz CT molecular complexity index is 316. The van der Waals surface area contributed by atoms with Gasteiger partial charge in [0.2, 0.25) is 5.91 Å². The first-order valence-electron chi connectivity index (χ1n) is 7.90. The Hall–Kier alpha value is -0.570. The Kier molecular flexibility index (Phi) is 4.88. The molecule has 4 atom stereocenters. The molecule has 2 fully saturated rings. The molecule has 0 aromatic carbocycles. The summed E-state index contributed by atoms with van der Waals surface area (Å²) < 4.78 is 6.14. The average Bonchev–Trinajstić information content (AvgIpc) is 2.68. The third-order valence-electron chi connectivity index (χ3n) is 5.01. The van der Waals surface area contributed by atoms with E-state index in [-0.39, 0.29) is 5.91 Å². The second kappa shape index (κ2) is 6.25. The first-order valence-corrected chi connectivity index (χ1v) is 7.90. The Morgan fingerprint density at radius 2 is 2.00 bits per heavy atom. The summed E-state index contributed by atoms with van der Waals surface area (Å²) in [7, 11) is 0. The van der Waals surface area contributed by atoms with Gasteiger partial charge in [-0.1, -0.05) is 20.8 Å². The summed E-state index contributed by atoms with van der Waals surface area (Å²) in [6.07, 6.45) is 5.71. The van der Waals surface area contributed by atoms with Crippen molar-refractivity contribution in [2.24, 2.45) is 17.8 Å². The SMILES string of the molecule is CC(C)[C@@H]1C[C@H](C)CC[C@H]1OCN1C(=O)CC[C@H]1C. The first kappa shape index (κ1) is 14.8. The highest BCUT2D eigenvalue weighted by molar-refractivity contribution is 5.78. The van der Waals surface area contributed by atoms with Crippen molar-refractivity contribution in [3.8, 4) is 0 Å². The third-order valence-corrected chi connectivity index (χ3v) is 5.01. The highest BCUT2D eigenvalue weighted by Gasteiger charge is 2.33. The molecule has 3 heteroatoms. The molecule has 1 aliphatic heterocycles. The van der Waals surface area contributed by atoms with Crippen molar-refractivity contribution in [3.05, 3.63) is 0 Å². The van der Waals surface area contributed by atoms with E-state index < -0.39 is 0 Å². The monoisotopic (exact) mass is 267 g/mol. The molecule has 19 heavy (non-hydrogen) atoms. The molecule has 1 amide bonds. The van der Waals surface area contributed by atoms with Crippen LogP contribution < -0.4 is 0 Å². The summed E-state index contributed by atoms with van der Waals surface area (Å²) in [6, 6.07) is 0.354. The van der Waals surface area contributed by atoms with Crippen LogP contribution in [0.1, 0.15) is 59.8 Å². The van der Waals surface area contributed by atoms with Crippen molar-refractivity contribution in [2.75, 3.05) is 6.73 Å². The highest BCUT2D eigenvalue weighted by atomic mass is 16.5. The fourth-order valence-corrected chi connectivity index (χ4v) is 3.56. The summed E-state index contributed by atoms with van der Waals surface area (Å²) in [4.78, 5) is 13.7. The van der Waals surface area contributed by atoms with Gasteiger partial charge in [0.05, 0.1) is 6.10 Å². The summed E-state index contributed by atoms with van der Waals surface area (Å²) in [5, 5.41) is 0. The van der Waals surface area contributed by atoms with E-state index in [2.05, 4.69) is 27.7 Å². The van der Waals surface area contributed by atoms with Crippen LogP contribution in [0.4, 0.5) is 0 Å². The summed E-state index contributed by atoms with van der Waals surface area (Å²) in [5.41, 5.74) is 0. The summed E-state index contributed by atoms with van der Waals surface area (Å²) in [6.45, 7) is 9.56. The van der Waals surface area contributed by atoms with Gasteiger partial charge in [-0.05, 0) is 50.4 Å². The van der Waals surface area contributed by atoms with Gasteiger partial charge in [0, 0.05) is 12.5 Å². The predicted molar refractivity (Wildman–Crippen MR) is 76.6 cm³/mol. The Labute approximate surface area is 117 Å². The molecular weight excluding hydrogens is 238 g/mol. The Morgan fingerprint density at radius 3 is 2.58 bits per heavy atom. The van der Waals surface area contributed by atoms with E-state index in [9.17, 15) is 4.79 Å². The van der Waals surface area contributed by atoms with Gasteiger partial charge in [0.15, 0.2) is 0 Å². The molecule has 1 heterocycles. The van der Waals surface area contributed by atoms with E-state index in [1.54, 1.807) is 0 Å². The molecule has 0 aromatic heterocycles. The molecule has 2 aliphatic rings. The van der Waals surface area contributed by atoms with Crippen LogP contribution in [0, 0.1) is 17.8 Å². The minimum atomic E-state index is 0.262. The van der Waals surface area contributed by atoms with E-state index in [0.717, 1.165) is 18.8 Å². The predicted octanol–water partition coefficient (Wildman–Crippen LogP) is 3.43. The molecule has 110 valence electrons. The van der Waals surface area contributed by atoms with Gasteiger partial charge in [-0.2, -0.15) is 0 Å². The van der Waals surface area contributed by atoms with Gasteiger partial charge in [0.25, 0.3) is 0 Å². The smallest absolute Gasteiger partial charge is 0.224 e. The van der Waals surface area contributed by atoms with Crippen molar-refractivity contribution < 1.29 is 9.53 Å². The molecule has 0 spiro atoms. The number of amides is 1. The van der Waals surface area contributed by atoms with Crippen LogP contribution in [0.3, 0.4) is 0 Å². The summed E-state index contributed by atoms with van der Waals surface area (Å²) >= 11 is 0. The van der Waals surface area contributed by atoms with Crippen molar-refractivity contribution in [1.82, 2.24) is 4.90 Å². The normalized spacial score (nSPS) is 36.3. The maximum absolute atomic E-state index is 11.8. The van der Waals surface area contributed by atoms with Gasteiger partial charge >= 0.3 is 0 Å². The molecule has 0 N–H and O–H groups in total. The topological polar surface area (TPSA) is 29.5 Å². The minimum absolute atomic E-state index is 0.262. The van der Waals surface area contributed by atoms with E-state index in [1.165, 1.54) is 12.8 Å². The number of rotatable bonds is 4. The Balaban J connectivity index is 1.88. The zero-order valence-electron chi connectivity index (χ0n) is 12.9. The van der Waals surface area contributed by atoms with Crippen LogP contribution in [0.2, 0.25) is 0 Å². The zero-order chi connectivity index (χ0) is 14.0. The fourth-order valence-electron chi connectivity index (χ4n) is 3.56. The molecule has 0 bridgehead atoms. The molecule has 0 radical (unpaired) electrons. The third kappa shape index (κ3) is 3.50. The fraction of sp³-hybridized carbons (Fsp3) is 0.938. The lowest BCUT2D eigenvalue weighted by Gasteiger charge is -2.38. The number of nitrogens with zero attached hydrogens (tertiary/aromatic N) is 1. The van der Waals surface area contributed by atoms with Crippen molar-refractivity contribution in [3.63, 3.8) is 0 Å². The number of hydrogen-bond donors (Lipinski definition) is 0. The molecule has 0 unspecified atom stereocenters. The lowest BCUT2D eigenvalue weighted by Crippen LogP contribution is -2.40. The van der Waals surface area contributed by atoms with Crippen LogP contribution >= 0.6 is 0 Å². The number of ether oxygens (including phenoxy) is 1. The minimum Gasteiger partial charge on any atom is -0.358 e. The van der Waals surface area contributed by atoms with E-state index >= 15 is 0 Å². The lowest BCUT2D eigenvalue weighted by atomic mass is 9.75. The van der Waals surface area contributed by atoms with Crippen LogP contribution in [0.5, 0.6) is 0 Å². The molecule has 1 aliphatic carbocycles. The molecule has 0 aromatic rings. The van der Waals surface area contributed by atoms with Crippen LogP contribution in [-0.4, -0.2) is 29.7 Å². The molecular formula is C16H29NO2. The van der Waals surface area contributed by atoms with Crippen molar-refractivity contribution in [1.29, 1.82) is 0 Å². The highest BCUT2D eigenvalue weighted by Crippen LogP contribution is 2.35. The molecule has 2 rings (SSSR count). The van der Waals surface area contributed by atoms with Gasteiger partial charge in [-0.25, -0.2) is 0 Å². The number of carbonyl (C=O) groups excluding carboxylic acids is 1. The largest absolute Gasteiger partial charge is 0.358 e.